The summed E-state index contributed by atoms with van der Waals surface area (Å²) in [4.78, 5) is 8.75. The summed E-state index contributed by atoms with van der Waals surface area (Å²) in [5.74, 6) is 1.50. The average molecular weight is 432 g/mol. The molecule has 0 saturated carbocycles. The molecule has 0 fully saturated rings. The molecule has 0 unspecified atom stereocenters. The van der Waals surface area contributed by atoms with Gasteiger partial charge in [-0.2, -0.15) is 18.3 Å². The Labute approximate surface area is 177 Å². The van der Waals surface area contributed by atoms with Crippen molar-refractivity contribution in [3.8, 4) is 17.1 Å². The molecule has 3 N–H and O–H groups in total. The standard InChI is InChI=1S/C21H23F3N6O/c1-2-25-20(26-11-15-6-8-18(9-7-15)31-13-21(22,23)24)27-12-16-4-3-5-17(10-16)19-28-14-29-30-19/h3-10,14H,2,11-13H2,1H3,(H2,25,26,27)(H,28,29,30). The number of hydrogen-bond acceptors (Lipinski definition) is 4. The van der Waals surface area contributed by atoms with Crippen LogP contribution < -0.4 is 15.4 Å². The molecule has 10 heteroatoms. The number of benzene rings is 2. The lowest BCUT2D eigenvalue weighted by atomic mass is 10.1. The van der Waals surface area contributed by atoms with E-state index in [0.717, 1.165) is 16.7 Å². The molecule has 3 rings (SSSR count). The van der Waals surface area contributed by atoms with Gasteiger partial charge in [-0.25, -0.2) is 9.98 Å². The molecule has 164 valence electrons. The highest BCUT2D eigenvalue weighted by atomic mass is 19.4. The molecule has 0 amide bonds. The van der Waals surface area contributed by atoms with Gasteiger partial charge in [0.15, 0.2) is 18.4 Å². The van der Waals surface area contributed by atoms with Crippen LogP contribution in [0.4, 0.5) is 13.2 Å². The number of nitrogens with one attached hydrogen (secondary N) is 3. The first-order chi connectivity index (χ1) is 14.9. The third kappa shape index (κ3) is 7.32. The van der Waals surface area contributed by atoms with E-state index in [0.29, 0.717) is 31.4 Å². The van der Waals surface area contributed by atoms with E-state index < -0.39 is 12.8 Å². The van der Waals surface area contributed by atoms with Crippen molar-refractivity contribution in [2.45, 2.75) is 26.2 Å². The van der Waals surface area contributed by atoms with E-state index >= 15 is 0 Å². The minimum Gasteiger partial charge on any atom is -0.484 e. The molecule has 0 saturated heterocycles. The molecule has 0 aliphatic heterocycles. The number of hydrogen-bond donors (Lipinski definition) is 3. The van der Waals surface area contributed by atoms with Crippen LogP contribution in [0.5, 0.6) is 5.75 Å². The quantitative estimate of drug-likeness (QED) is 0.374. The van der Waals surface area contributed by atoms with E-state index in [-0.39, 0.29) is 5.75 Å². The lowest BCUT2D eigenvalue weighted by Crippen LogP contribution is -2.36. The summed E-state index contributed by atoms with van der Waals surface area (Å²) < 4.78 is 41.4. The Hall–Kier alpha value is -3.56. The van der Waals surface area contributed by atoms with Crippen LogP contribution >= 0.6 is 0 Å². The Morgan fingerprint density at radius 2 is 1.90 bits per heavy atom. The third-order valence-corrected chi connectivity index (χ3v) is 4.17. The first kappa shape index (κ1) is 22.1. The molecule has 7 nitrogen and oxygen atoms in total. The zero-order valence-electron chi connectivity index (χ0n) is 16.9. The summed E-state index contributed by atoms with van der Waals surface area (Å²) in [5, 5.41) is 13.1. The molecular weight excluding hydrogens is 409 g/mol. The molecule has 1 aromatic heterocycles. The summed E-state index contributed by atoms with van der Waals surface area (Å²) in [6.07, 6.45) is -2.89. The van der Waals surface area contributed by atoms with Crippen LogP contribution in [0.15, 0.2) is 59.9 Å². The molecule has 3 aromatic rings. The molecule has 2 aromatic carbocycles. The molecule has 0 atom stereocenters. The first-order valence-electron chi connectivity index (χ1n) is 9.68. The topological polar surface area (TPSA) is 87.2 Å². The van der Waals surface area contributed by atoms with E-state index in [1.54, 1.807) is 12.1 Å². The molecule has 0 aliphatic carbocycles. The number of guanidine groups is 1. The van der Waals surface area contributed by atoms with Crippen molar-refractivity contribution < 1.29 is 17.9 Å². The van der Waals surface area contributed by atoms with Crippen LogP contribution in [-0.4, -0.2) is 40.5 Å². The molecule has 0 radical (unpaired) electrons. The SMILES string of the molecule is CCNC(=NCc1cccc(-c2ncn[nH]2)c1)NCc1ccc(OCC(F)(F)F)cc1. The fourth-order valence-corrected chi connectivity index (χ4v) is 2.73. The van der Waals surface area contributed by atoms with Crippen LogP contribution in [0.2, 0.25) is 0 Å². The number of aliphatic imine (C=N–C) groups is 1. The smallest absolute Gasteiger partial charge is 0.422 e. The summed E-state index contributed by atoms with van der Waals surface area (Å²) in [5.41, 5.74) is 2.82. The molecule has 0 spiro atoms. The second-order valence-electron chi connectivity index (χ2n) is 6.63. The molecule has 1 heterocycles. The van der Waals surface area contributed by atoms with Crippen LogP contribution in [0.25, 0.3) is 11.4 Å². The Bertz CT molecular complexity index is 972. The summed E-state index contributed by atoms with van der Waals surface area (Å²) in [6.45, 7) is 2.27. The predicted molar refractivity (Wildman–Crippen MR) is 111 cm³/mol. The minimum absolute atomic E-state index is 0.174. The van der Waals surface area contributed by atoms with Crippen LogP contribution in [0, 0.1) is 0 Å². The third-order valence-electron chi connectivity index (χ3n) is 4.17. The van der Waals surface area contributed by atoms with Crippen molar-refractivity contribution in [2.24, 2.45) is 4.99 Å². The maximum Gasteiger partial charge on any atom is 0.422 e. The number of rotatable bonds is 8. The van der Waals surface area contributed by atoms with Crippen molar-refractivity contribution in [2.75, 3.05) is 13.2 Å². The predicted octanol–water partition coefficient (Wildman–Crippen LogP) is 3.67. The van der Waals surface area contributed by atoms with Gasteiger partial charge in [-0.05, 0) is 36.2 Å². The van der Waals surface area contributed by atoms with Gasteiger partial charge in [0.1, 0.15) is 12.1 Å². The van der Waals surface area contributed by atoms with Gasteiger partial charge in [0.05, 0.1) is 6.54 Å². The highest BCUT2D eigenvalue weighted by molar-refractivity contribution is 5.79. The van der Waals surface area contributed by atoms with Gasteiger partial charge in [-0.15, -0.1) is 0 Å². The lowest BCUT2D eigenvalue weighted by Gasteiger charge is -2.12. The van der Waals surface area contributed by atoms with Crippen molar-refractivity contribution >= 4 is 5.96 Å². The Balaban J connectivity index is 1.57. The first-order valence-corrected chi connectivity index (χ1v) is 9.68. The Morgan fingerprint density at radius 3 is 2.58 bits per heavy atom. The van der Waals surface area contributed by atoms with E-state index in [1.807, 2.05) is 31.2 Å². The van der Waals surface area contributed by atoms with Crippen LogP contribution in [0.1, 0.15) is 18.1 Å². The van der Waals surface area contributed by atoms with Crippen LogP contribution in [-0.2, 0) is 13.1 Å². The average Bonchev–Trinajstić information content (AvgIpc) is 3.30. The second-order valence-corrected chi connectivity index (χ2v) is 6.63. The van der Waals surface area contributed by atoms with Gasteiger partial charge >= 0.3 is 6.18 Å². The monoisotopic (exact) mass is 432 g/mol. The Morgan fingerprint density at radius 1 is 1.10 bits per heavy atom. The number of nitrogens with zero attached hydrogens (tertiary/aromatic N) is 3. The van der Waals surface area contributed by atoms with Crippen molar-refractivity contribution in [3.05, 3.63) is 66.0 Å². The number of aromatic amines is 1. The molecular formula is C21H23F3N6O. The van der Waals surface area contributed by atoms with E-state index in [9.17, 15) is 13.2 Å². The highest BCUT2D eigenvalue weighted by Gasteiger charge is 2.28. The maximum absolute atomic E-state index is 12.2. The van der Waals surface area contributed by atoms with Gasteiger partial charge in [0.2, 0.25) is 0 Å². The highest BCUT2D eigenvalue weighted by Crippen LogP contribution is 2.19. The van der Waals surface area contributed by atoms with Crippen molar-refractivity contribution in [1.29, 1.82) is 0 Å². The second kappa shape index (κ2) is 10.5. The maximum atomic E-state index is 12.2. The number of alkyl halides is 3. The summed E-state index contributed by atoms with van der Waals surface area (Å²) in [6, 6.07) is 14.3. The fraction of sp³-hybridized carbons (Fsp3) is 0.286. The number of halogens is 3. The molecule has 31 heavy (non-hydrogen) atoms. The van der Waals surface area contributed by atoms with Crippen molar-refractivity contribution in [3.63, 3.8) is 0 Å². The summed E-state index contributed by atoms with van der Waals surface area (Å²) >= 11 is 0. The molecule has 0 aliphatic rings. The number of ether oxygens (including phenoxy) is 1. The van der Waals surface area contributed by atoms with E-state index in [1.165, 1.54) is 18.5 Å². The van der Waals surface area contributed by atoms with Crippen LogP contribution in [0.3, 0.4) is 0 Å². The van der Waals surface area contributed by atoms with Gasteiger partial charge in [0, 0.05) is 18.7 Å². The Kier molecular flexibility index (Phi) is 7.47. The van der Waals surface area contributed by atoms with Crippen molar-refractivity contribution in [1.82, 2.24) is 25.8 Å². The molecule has 0 bridgehead atoms. The van der Waals surface area contributed by atoms with Gasteiger partial charge in [-0.1, -0.05) is 30.3 Å². The summed E-state index contributed by atoms with van der Waals surface area (Å²) in [7, 11) is 0. The number of aromatic nitrogens is 3. The lowest BCUT2D eigenvalue weighted by molar-refractivity contribution is -0.153. The zero-order valence-corrected chi connectivity index (χ0v) is 16.9. The zero-order chi connectivity index (χ0) is 22.1. The largest absolute Gasteiger partial charge is 0.484 e. The fourth-order valence-electron chi connectivity index (χ4n) is 2.73. The van der Waals surface area contributed by atoms with E-state index in [2.05, 4.69) is 30.8 Å². The normalized spacial score (nSPS) is 11.9. The van der Waals surface area contributed by atoms with E-state index in [4.69, 9.17) is 4.74 Å². The van der Waals surface area contributed by atoms with Gasteiger partial charge < -0.3 is 15.4 Å². The number of H-pyrrole nitrogens is 1. The van der Waals surface area contributed by atoms with Gasteiger partial charge in [-0.3, -0.25) is 5.10 Å². The van der Waals surface area contributed by atoms with Gasteiger partial charge in [0.25, 0.3) is 0 Å². The minimum atomic E-state index is -4.36.